The minimum absolute atomic E-state index is 0.0524. The van der Waals surface area contributed by atoms with Crippen LogP contribution in [0.2, 0.25) is 0 Å². The van der Waals surface area contributed by atoms with Gasteiger partial charge in [-0.2, -0.15) is 8.42 Å². The number of allylic oxidation sites excluding steroid dienone is 2. The minimum Gasteiger partial charge on any atom is -0.427 e. The number of ether oxygens (including phenoxy) is 1. The Kier molecular flexibility index (Phi) is 6.33. The van der Waals surface area contributed by atoms with Gasteiger partial charge >= 0.3 is 16.1 Å². The van der Waals surface area contributed by atoms with Gasteiger partial charge in [-0.25, -0.2) is 9.48 Å². The summed E-state index contributed by atoms with van der Waals surface area (Å²) in [5.41, 5.74) is 0.642. The van der Waals surface area contributed by atoms with Crippen molar-refractivity contribution in [2.24, 2.45) is 7.05 Å². The van der Waals surface area contributed by atoms with Crippen molar-refractivity contribution in [3.63, 3.8) is 0 Å². The molecule has 2 aromatic rings. The molecule has 1 aliphatic carbocycles. The zero-order valence-corrected chi connectivity index (χ0v) is 17.3. The predicted octanol–water partition coefficient (Wildman–Crippen LogP) is 1.63. The molecule has 3 rings (SSSR count). The number of benzene rings is 1. The Balaban J connectivity index is 1.82. The van der Waals surface area contributed by atoms with Gasteiger partial charge in [0.15, 0.2) is 11.5 Å². The maximum absolute atomic E-state index is 12.5. The van der Waals surface area contributed by atoms with Crippen LogP contribution in [0.4, 0.5) is 0 Å². The van der Waals surface area contributed by atoms with Gasteiger partial charge in [-0.3, -0.25) is 4.79 Å². The summed E-state index contributed by atoms with van der Waals surface area (Å²) in [6.45, 7) is 0. The maximum Gasteiger partial charge on any atom is 0.347 e. The molecule has 0 saturated carbocycles. The van der Waals surface area contributed by atoms with Gasteiger partial charge in [0, 0.05) is 31.7 Å². The fourth-order valence-electron chi connectivity index (χ4n) is 2.56. The molecule has 0 amide bonds. The lowest BCUT2D eigenvalue weighted by Crippen LogP contribution is -2.14. The van der Waals surface area contributed by atoms with E-state index in [9.17, 15) is 18.0 Å². The van der Waals surface area contributed by atoms with E-state index in [1.165, 1.54) is 34.7 Å². The Morgan fingerprint density at radius 1 is 1.31 bits per heavy atom. The van der Waals surface area contributed by atoms with Crippen LogP contribution in [0.1, 0.15) is 35.2 Å². The topological polar surface area (TPSA) is 130 Å². The fourth-order valence-corrected chi connectivity index (χ4v) is 3.82. The predicted molar refractivity (Wildman–Crippen MR) is 103 cm³/mol. The van der Waals surface area contributed by atoms with Crippen LogP contribution in [0.25, 0.3) is 0 Å². The van der Waals surface area contributed by atoms with Crippen molar-refractivity contribution in [3.05, 3.63) is 41.2 Å². The molecule has 0 N–H and O–H groups in total. The van der Waals surface area contributed by atoms with E-state index in [1.54, 1.807) is 13.1 Å². The van der Waals surface area contributed by atoms with Crippen LogP contribution in [0, 0.1) is 0 Å². The largest absolute Gasteiger partial charge is 0.427 e. The third-order valence-electron chi connectivity index (χ3n) is 3.85. The van der Waals surface area contributed by atoms with Crippen molar-refractivity contribution in [1.82, 2.24) is 20.2 Å². The van der Waals surface area contributed by atoms with Crippen LogP contribution in [0.5, 0.6) is 5.75 Å². The van der Waals surface area contributed by atoms with Crippen LogP contribution < -0.4 is 4.18 Å². The fraction of sp³-hybridized carbons (Fsp3) is 0.353. The van der Waals surface area contributed by atoms with Crippen molar-refractivity contribution in [2.45, 2.75) is 30.2 Å². The van der Waals surface area contributed by atoms with Gasteiger partial charge in [0.25, 0.3) is 0 Å². The number of hydrogen-bond donors (Lipinski definition) is 0. The number of nitrogens with zero attached hydrogens (tertiary/aromatic N) is 4. The molecule has 0 saturated heterocycles. The highest BCUT2D eigenvalue weighted by atomic mass is 32.2. The van der Waals surface area contributed by atoms with Crippen molar-refractivity contribution in [1.29, 1.82) is 0 Å². The van der Waals surface area contributed by atoms with Crippen molar-refractivity contribution in [2.75, 3.05) is 6.26 Å². The number of carbonyl (C=O) groups excluding carboxylic acids is 2. The van der Waals surface area contributed by atoms with E-state index in [-0.39, 0.29) is 22.9 Å². The minimum atomic E-state index is -3.88. The van der Waals surface area contributed by atoms with E-state index in [4.69, 9.17) is 8.92 Å². The number of hydrogen-bond acceptors (Lipinski definition) is 10. The lowest BCUT2D eigenvalue weighted by atomic mass is 10.1. The SMILES string of the molecule is Cn1nnnc1SCc1ccc(C(=O)OC2=CC(=O)CCC2)c(OS(C)(=O)=O)c1. The molecule has 1 aromatic carbocycles. The molecule has 1 aromatic heterocycles. The molecule has 0 fully saturated rings. The summed E-state index contributed by atoms with van der Waals surface area (Å²) in [5.74, 6) is -0.373. The summed E-state index contributed by atoms with van der Waals surface area (Å²) < 4.78 is 35.1. The number of carbonyl (C=O) groups is 2. The molecular formula is C17H18N4O6S2. The van der Waals surface area contributed by atoms with Crippen LogP contribution in [0.3, 0.4) is 0 Å². The Morgan fingerprint density at radius 2 is 2.10 bits per heavy atom. The Morgan fingerprint density at radius 3 is 2.76 bits per heavy atom. The summed E-state index contributed by atoms with van der Waals surface area (Å²) in [7, 11) is -2.18. The maximum atomic E-state index is 12.5. The molecule has 0 radical (unpaired) electrons. The average Bonchev–Trinajstić information content (AvgIpc) is 3.03. The second kappa shape index (κ2) is 8.74. The Bertz CT molecular complexity index is 1080. The first kappa shape index (κ1) is 21.0. The van der Waals surface area contributed by atoms with E-state index >= 15 is 0 Å². The van der Waals surface area contributed by atoms with E-state index < -0.39 is 16.1 Å². The van der Waals surface area contributed by atoms with Crippen LogP contribution in [-0.2, 0) is 32.5 Å². The summed E-state index contributed by atoms with van der Waals surface area (Å²) in [5, 5.41) is 11.7. The van der Waals surface area contributed by atoms with E-state index in [1.807, 2.05) is 0 Å². The van der Waals surface area contributed by atoms with Gasteiger partial charge in [0.1, 0.15) is 11.3 Å². The van der Waals surface area contributed by atoms with Gasteiger partial charge in [-0.15, -0.1) is 5.10 Å². The molecule has 29 heavy (non-hydrogen) atoms. The van der Waals surface area contributed by atoms with Crippen molar-refractivity contribution < 1.29 is 26.9 Å². The summed E-state index contributed by atoms with van der Waals surface area (Å²) in [6.07, 6.45) is 3.64. The van der Waals surface area contributed by atoms with Gasteiger partial charge in [0.2, 0.25) is 5.16 Å². The first-order chi connectivity index (χ1) is 13.7. The van der Waals surface area contributed by atoms with Crippen LogP contribution >= 0.6 is 11.8 Å². The van der Waals surface area contributed by atoms with E-state index in [2.05, 4.69) is 15.5 Å². The summed E-state index contributed by atoms with van der Waals surface area (Å²) in [4.78, 5) is 24.0. The van der Waals surface area contributed by atoms with Gasteiger partial charge < -0.3 is 8.92 Å². The van der Waals surface area contributed by atoms with E-state index in [0.29, 0.717) is 35.7 Å². The monoisotopic (exact) mass is 438 g/mol. The molecule has 1 heterocycles. The third kappa shape index (κ3) is 5.87. The van der Waals surface area contributed by atoms with Crippen LogP contribution in [0.15, 0.2) is 35.2 Å². The molecule has 0 aliphatic heterocycles. The molecule has 10 nitrogen and oxygen atoms in total. The van der Waals surface area contributed by atoms with Crippen molar-refractivity contribution in [3.8, 4) is 5.75 Å². The zero-order valence-electron chi connectivity index (χ0n) is 15.7. The number of thioether (sulfide) groups is 1. The number of tetrazole rings is 1. The second-order valence-electron chi connectivity index (χ2n) is 6.31. The lowest BCUT2D eigenvalue weighted by Gasteiger charge is -2.14. The molecule has 12 heteroatoms. The highest BCUT2D eigenvalue weighted by molar-refractivity contribution is 7.98. The molecule has 154 valence electrons. The van der Waals surface area contributed by atoms with Gasteiger partial charge in [0.05, 0.1) is 6.26 Å². The molecular weight excluding hydrogens is 420 g/mol. The lowest BCUT2D eigenvalue weighted by molar-refractivity contribution is -0.115. The quantitative estimate of drug-likeness (QED) is 0.357. The van der Waals surface area contributed by atoms with Crippen molar-refractivity contribution >= 4 is 33.6 Å². The number of rotatable bonds is 7. The molecule has 1 aliphatic rings. The average molecular weight is 438 g/mol. The second-order valence-corrected chi connectivity index (χ2v) is 8.83. The normalized spacial score (nSPS) is 14.4. The number of aryl methyl sites for hydroxylation is 1. The Labute approximate surface area is 171 Å². The Hall–Kier alpha value is -2.73. The highest BCUT2D eigenvalue weighted by Gasteiger charge is 2.21. The first-order valence-electron chi connectivity index (χ1n) is 8.54. The van der Waals surface area contributed by atoms with E-state index in [0.717, 1.165) is 6.26 Å². The molecule has 0 atom stereocenters. The third-order valence-corrected chi connectivity index (χ3v) is 5.41. The standard InChI is InChI=1S/C17H18N4O6S2/c1-21-17(18-19-20-21)28-10-11-6-7-14(15(8-11)27-29(2,24)25)16(23)26-13-5-3-4-12(22)9-13/h6-9H,3-5,10H2,1-2H3. The molecule has 0 spiro atoms. The van der Waals surface area contributed by atoms with Gasteiger partial charge in [-0.1, -0.05) is 17.8 Å². The van der Waals surface area contributed by atoms with Gasteiger partial charge in [-0.05, 0) is 34.5 Å². The highest BCUT2D eigenvalue weighted by Crippen LogP contribution is 2.28. The number of ketones is 1. The summed E-state index contributed by atoms with van der Waals surface area (Å²) >= 11 is 1.34. The smallest absolute Gasteiger partial charge is 0.347 e. The number of esters is 1. The number of aromatic nitrogens is 4. The molecule has 0 bridgehead atoms. The zero-order chi connectivity index (χ0) is 21.0. The first-order valence-corrected chi connectivity index (χ1v) is 11.3. The summed E-state index contributed by atoms with van der Waals surface area (Å²) in [6, 6.07) is 4.54. The van der Waals surface area contributed by atoms with Crippen LogP contribution in [-0.4, -0.2) is 46.6 Å². The molecule has 0 unspecified atom stereocenters.